The number of Topliss-reactive ketones (excluding diaryl/α,β-unsaturated/α-hetero) is 1. The number of aliphatic hydroxyl groups excluding tert-OH is 1. The van der Waals surface area contributed by atoms with Crippen molar-refractivity contribution in [3.05, 3.63) is 117 Å². The SMILES string of the molecule is C=S(C)(=O)Cc1nn(C)c2c(-c3ccc(C#C[C@@H](O)c4cn(C)cn4)nc3[C@@H](CC(=O)Cn3nc(C(F)(F)F)c4c3C(F)(F)[C@@H]3C[C@H]43)Cc3cc(F)cc(F)c3)ccc(Cl)c12. The first kappa shape index (κ1) is 42.2. The lowest BCUT2D eigenvalue weighted by Gasteiger charge is -2.21. The molecule has 2 aromatic carbocycles. The number of hydrogen-bond acceptors (Lipinski definition) is 7. The van der Waals surface area contributed by atoms with Crippen LogP contribution in [0.15, 0.2) is 55.0 Å². The van der Waals surface area contributed by atoms with Crippen molar-refractivity contribution in [1.29, 1.82) is 0 Å². The molecular formula is C42H35ClF7N7O3S. The molecule has 0 spiro atoms. The highest BCUT2D eigenvalue weighted by Crippen LogP contribution is 2.68. The van der Waals surface area contributed by atoms with Crippen LogP contribution in [0.4, 0.5) is 30.7 Å². The van der Waals surface area contributed by atoms with E-state index >= 15 is 8.78 Å². The molecule has 1 fully saturated rings. The van der Waals surface area contributed by atoms with Crippen LogP contribution in [0.5, 0.6) is 0 Å². The zero-order chi connectivity index (χ0) is 43.9. The zero-order valence-electron chi connectivity index (χ0n) is 32.6. The Morgan fingerprint density at radius 3 is 2.46 bits per heavy atom. The zero-order valence-corrected chi connectivity index (χ0v) is 34.1. The highest BCUT2D eigenvalue weighted by atomic mass is 35.5. The van der Waals surface area contributed by atoms with Gasteiger partial charge in [-0.05, 0) is 76.0 Å². The average molecular weight is 886 g/mol. The number of carbonyl (C=O) groups excluding carboxylic acids is 1. The van der Waals surface area contributed by atoms with Crippen molar-refractivity contribution in [2.45, 2.75) is 61.6 Å². The number of rotatable bonds is 11. The number of aliphatic hydroxyl groups is 1. The first-order valence-corrected chi connectivity index (χ1v) is 21.4. The number of benzene rings is 2. The van der Waals surface area contributed by atoms with Gasteiger partial charge in [0.15, 0.2) is 17.6 Å². The summed E-state index contributed by atoms with van der Waals surface area (Å²) in [4.78, 5) is 23.1. The van der Waals surface area contributed by atoms with Gasteiger partial charge in [-0.15, -0.1) is 0 Å². The van der Waals surface area contributed by atoms with E-state index in [4.69, 9.17) is 16.6 Å². The lowest BCUT2D eigenvalue weighted by Crippen LogP contribution is -2.24. The second kappa shape index (κ2) is 15.1. The van der Waals surface area contributed by atoms with Crippen molar-refractivity contribution in [3.8, 4) is 23.0 Å². The van der Waals surface area contributed by atoms with Crippen LogP contribution >= 0.6 is 11.6 Å². The molecule has 0 radical (unpaired) electrons. The minimum atomic E-state index is -5.06. The van der Waals surface area contributed by atoms with Crippen molar-refractivity contribution in [1.82, 2.24) is 34.1 Å². The first-order valence-electron chi connectivity index (χ1n) is 18.7. The molecule has 19 heteroatoms. The highest BCUT2D eigenvalue weighted by Gasteiger charge is 2.68. The maximum absolute atomic E-state index is 15.5. The summed E-state index contributed by atoms with van der Waals surface area (Å²) in [7, 11) is 0.724. The van der Waals surface area contributed by atoms with Gasteiger partial charge in [-0.2, -0.15) is 32.1 Å². The number of fused-ring (bicyclic) bond motifs is 4. The molecule has 0 saturated heterocycles. The minimum Gasteiger partial charge on any atom is -0.374 e. The quantitative estimate of drug-likeness (QED) is 0.0807. The minimum absolute atomic E-state index is 0.0261. The van der Waals surface area contributed by atoms with Crippen molar-refractivity contribution in [2.75, 3.05) is 6.26 Å². The molecule has 318 valence electrons. The van der Waals surface area contributed by atoms with Gasteiger partial charge < -0.3 is 9.67 Å². The van der Waals surface area contributed by atoms with Gasteiger partial charge >= 0.3 is 6.18 Å². The summed E-state index contributed by atoms with van der Waals surface area (Å²) >= 11 is 6.72. The number of carbonyl (C=O) groups is 1. The number of pyridine rings is 1. The Balaban J connectivity index is 1.28. The van der Waals surface area contributed by atoms with Gasteiger partial charge in [-0.3, -0.25) is 18.4 Å². The van der Waals surface area contributed by atoms with E-state index < -0.39 is 92.8 Å². The van der Waals surface area contributed by atoms with Gasteiger partial charge in [0, 0.05) is 72.9 Å². The standard InChI is InChI=1S/C42H35ClF7N7O3S/c1-55-18-32(51-20-55)34(59)10-6-25-5-7-27(28-8-9-31(43)36-33(19-61(3,4)60)53-56(2)38(28)36)37(52-25)22(11-21-12-23(44)15-24(45)13-21)14-26(58)17-57-40-35(39(54-57)42(48,49)50)29-16-30(29)41(40,46)47/h5,7-9,12-13,15,18,20,22,29-30,34,59H,3,11,14,16-17,19H2,1-2,4H3/t22-,29+,30-,34-,61?/m1/s1. The smallest absolute Gasteiger partial charge is 0.374 e. The Labute approximate surface area is 349 Å². The van der Waals surface area contributed by atoms with Crippen molar-refractivity contribution in [2.24, 2.45) is 20.0 Å². The van der Waals surface area contributed by atoms with Crippen molar-refractivity contribution in [3.63, 3.8) is 0 Å². The van der Waals surface area contributed by atoms with Crippen molar-refractivity contribution >= 4 is 43.7 Å². The Morgan fingerprint density at radius 2 is 1.80 bits per heavy atom. The third-order valence-electron chi connectivity index (χ3n) is 10.8. The van der Waals surface area contributed by atoms with Crippen LogP contribution in [-0.4, -0.2) is 61.3 Å². The van der Waals surface area contributed by atoms with E-state index in [1.807, 2.05) is 0 Å². The fourth-order valence-corrected chi connectivity index (χ4v) is 9.36. The van der Waals surface area contributed by atoms with Crippen LogP contribution in [0, 0.1) is 29.4 Å². The van der Waals surface area contributed by atoms with Crippen LogP contribution in [0.1, 0.15) is 76.1 Å². The highest BCUT2D eigenvalue weighted by molar-refractivity contribution is 7.98. The Kier molecular flexibility index (Phi) is 10.5. The summed E-state index contributed by atoms with van der Waals surface area (Å²) in [6.45, 7) is -0.968. The van der Waals surface area contributed by atoms with Gasteiger partial charge in [0.25, 0.3) is 5.92 Å². The number of aryl methyl sites for hydroxylation is 2. The molecule has 61 heavy (non-hydrogen) atoms. The van der Waals surface area contributed by atoms with Crippen LogP contribution in [0.25, 0.3) is 22.0 Å². The summed E-state index contributed by atoms with van der Waals surface area (Å²) < 4.78 is 119. The Morgan fingerprint density at radius 1 is 1.10 bits per heavy atom. The molecule has 4 aromatic heterocycles. The van der Waals surface area contributed by atoms with E-state index in [2.05, 4.69) is 32.9 Å². The molecule has 5 atom stereocenters. The molecule has 8 rings (SSSR count). The second-order valence-electron chi connectivity index (χ2n) is 15.7. The largest absolute Gasteiger partial charge is 0.435 e. The lowest BCUT2D eigenvalue weighted by molar-refractivity contribution is -0.142. The maximum Gasteiger partial charge on any atom is 0.435 e. The second-order valence-corrected chi connectivity index (χ2v) is 18.8. The van der Waals surface area contributed by atoms with Gasteiger partial charge in [0.05, 0.1) is 39.7 Å². The predicted molar refractivity (Wildman–Crippen MR) is 213 cm³/mol. The van der Waals surface area contributed by atoms with Gasteiger partial charge in [0.1, 0.15) is 29.6 Å². The van der Waals surface area contributed by atoms with Gasteiger partial charge in [-0.1, -0.05) is 23.6 Å². The van der Waals surface area contributed by atoms with E-state index in [1.54, 1.807) is 43.1 Å². The third kappa shape index (κ3) is 8.18. The molecule has 2 aliphatic carbocycles. The van der Waals surface area contributed by atoms with Crippen LogP contribution in [0.3, 0.4) is 0 Å². The molecule has 0 amide bonds. The number of hydrogen-bond donors (Lipinski definition) is 1. The van der Waals surface area contributed by atoms with Crippen LogP contribution < -0.4 is 0 Å². The van der Waals surface area contributed by atoms with E-state index in [1.165, 1.54) is 23.3 Å². The predicted octanol–water partition coefficient (Wildman–Crippen LogP) is 7.64. The summed E-state index contributed by atoms with van der Waals surface area (Å²) in [6, 6.07) is 9.13. The molecule has 1 unspecified atom stereocenters. The third-order valence-corrected chi connectivity index (χ3v) is 12.0. The number of halogens is 8. The summed E-state index contributed by atoms with van der Waals surface area (Å²) in [5.74, 6) is -0.623. The molecule has 4 heterocycles. The molecule has 10 nitrogen and oxygen atoms in total. The molecule has 0 aliphatic heterocycles. The molecule has 6 aromatic rings. The number of imidazole rings is 1. The summed E-state index contributed by atoms with van der Waals surface area (Å²) in [5.41, 5.74) is -0.866. The van der Waals surface area contributed by atoms with Crippen LogP contribution in [-0.2, 0) is 59.2 Å². The molecule has 0 bridgehead atoms. The summed E-state index contributed by atoms with van der Waals surface area (Å²) in [6.07, 6.45) is -2.88. The normalized spacial score (nSPS) is 18.6. The lowest BCUT2D eigenvalue weighted by atomic mass is 9.86. The van der Waals surface area contributed by atoms with Gasteiger partial charge in [0.2, 0.25) is 0 Å². The average Bonchev–Trinajstić information content (AvgIpc) is 3.37. The number of ketones is 1. The Bertz CT molecular complexity index is 2930. The fourth-order valence-electron chi connectivity index (χ4n) is 8.32. The van der Waals surface area contributed by atoms with Crippen molar-refractivity contribution < 1.29 is 44.8 Å². The number of aromatic nitrogens is 7. The topological polar surface area (TPSA) is 121 Å². The maximum atomic E-state index is 15.5. The number of alkyl halides is 5. The van der Waals surface area contributed by atoms with E-state index in [9.17, 15) is 36.1 Å². The van der Waals surface area contributed by atoms with E-state index in [0.717, 1.165) is 12.1 Å². The number of nitrogens with zero attached hydrogens (tertiary/aromatic N) is 7. The molecule has 1 N–H and O–H groups in total. The molecule has 2 aliphatic rings. The first-order chi connectivity index (χ1) is 28.6. The van der Waals surface area contributed by atoms with E-state index in [-0.39, 0.29) is 46.3 Å². The molecule has 1 saturated carbocycles. The van der Waals surface area contributed by atoms with Crippen LogP contribution in [0.2, 0.25) is 5.02 Å². The summed E-state index contributed by atoms with van der Waals surface area (Å²) in [5, 5.41) is 19.6. The van der Waals surface area contributed by atoms with Gasteiger partial charge in [-0.25, -0.2) is 18.7 Å². The molecular weight excluding hydrogens is 851 g/mol. The fraction of sp³-hybridized carbons (Fsp3) is 0.333. The monoisotopic (exact) mass is 885 g/mol. The van der Waals surface area contributed by atoms with E-state index in [0.29, 0.717) is 38.5 Å². The Hall–Kier alpha value is -5.51.